The van der Waals surface area contributed by atoms with Crippen molar-refractivity contribution < 1.29 is 28.5 Å². The predicted molar refractivity (Wildman–Crippen MR) is 82.1 cm³/mol. The molecule has 4 rings (SSSR count). The number of hydrogen-bond donors (Lipinski definition) is 0. The Morgan fingerprint density at radius 3 is 2.65 bits per heavy atom. The topological polar surface area (TPSA) is 63.2 Å². The molecule has 0 bridgehead atoms. The molecule has 0 aliphatic carbocycles. The highest BCUT2D eigenvalue weighted by Crippen LogP contribution is 2.50. The smallest absolute Gasteiger partial charge is 0.339 e. The second-order valence-corrected chi connectivity index (χ2v) is 5.98. The van der Waals surface area contributed by atoms with Crippen LogP contribution >= 0.6 is 11.3 Å². The number of cyclic esters (lactones) is 1. The molecule has 1 aromatic carbocycles. The van der Waals surface area contributed by atoms with Gasteiger partial charge in [0.1, 0.15) is 13.2 Å². The summed E-state index contributed by atoms with van der Waals surface area (Å²) in [5.74, 6) is 2.02. The molecule has 0 radical (unpaired) electrons. The van der Waals surface area contributed by atoms with Crippen LogP contribution in [-0.2, 0) is 4.74 Å². The lowest BCUT2D eigenvalue weighted by atomic mass is 10.0. The maximum absolute atomic E-state index is 12.2. The molecule has 6 nitrogen and oxygen atoms in total. The molecular weight excluding hydrogens is 320 g/mol. The van der Waals surface area contributed by atoms with Crippen molar-refractivity contribution in [2.45, 2.75) is 6.10 Å². The Morgan fingerprint density at radius 2 is 1.87 bits per heavy atom. The van der Waals surface area contributed by atoms with Crippen molar-refractivity contribution in [3.63, 3.8) is 0 Å². The molecular formula is C16H14O6S. The maximum atomic E-state index is 12.2. The molecule has 0 N–H and O–H groups in total. The summed E-state index contributed by atoms with van der Waals surface area (Å²) in [6, 6.07) is 3.42. The van der Waals surface area contributed by atoms with E-state index in [0.29, 0.717) is 41.8 Å². The van der Waals surface area contributed by atoms with Crippen LogP contribution in [0.2, 0.25) is 0 Å². The number of thiophene rings is 1. The molecule has 0 fully saturated rings. The number of carbonyl (C=O) groups is 1. The van der Waals surface area contributed by atoms with Crippen LogP contribution in [0.5, 0.6) is 23.0 Å². The Balaban J connectivity index is 1.82. The molecule has 120 valence electrons. The van der Waals surface area contributed by atoms with Crippen LogP contribution in [0.4, 0.5) is 0 Å². The first-order valence-electron chi connectivity index (χ1n) is 7.06. The second-order valence-electron chi connectivity index (χ2n) is 5.07. The van der Waals surface area contributed by atoms with Crippen molar-refractivity contribution in [3.05, 3.63) is 33.5 Å². The average molecular weight is 334 g/mol. The number of hydrogen-bond acceptors (Lipinski definition) is 7. The van der Waals surface area contributed by atoms with Crippen LogP contribution < -0.4 is 18.9 Å². The van der Waals surface area contributed by atoms with Gasteiger partial charge in [-0.1, -0.05) is 0 Å². The molecule has 0 spiro atoms. The van der Waals surface area contributed by atoms with E-state index in [4.69, 9.17) is 23.7 Å². The SMILES string of the molecule is COc1cc2c(cc1OC)C(c1scc3c1OCCO3)OC2=O. The maximum Gasteiger partial charge on any atom is 0.339 e. The molecule has 0 saturated carbocycles. The summed E-state index contributed by atoms with van der Waals surface area (Å²) in [5, 5.41) is 1.87. The first-order chi connectivity index (χ1) is 11.2. The van der Waals surface area contributed by atoms with Crippen LogP contribution in [0, 0.1) is 0 Å². The van der Waals surface area contributed by atoms with Crippen LogP contribution in [0.1, 0.15) is 26.9 Å². The van der Waals surface area contributed by atoms with Crippen molar-refractivity contribution in [1.82, 2.24) is 0 Å². The summed E-state index contributed by atoms with van der Waals surface area (Å²) in [7, 11) is 3.09. The standard InChI is InChI=1S/C16H14O6S/c1-18-10-5-8-9(6-11(10)19-2)16(17)22-13(8)15-14-12(7-23-15)20-3-4-21-14/h5-7,13H,3-4H2,1-2H3. The number of methoxy groups -OCH3 is 2. The molecule has 1 atom stereocenters. The number of esters is 1. The van der Waals surface area contributed by atoms with Crippen molar-refractivity contribution in [3.8, 4) is 23.0 Å². The normalized spacial score (nSPS) is 18.3. The Morgan fingerprint density at radius 1 is 1.13 bits per heavy atom. The molecule has 1 unspecified atom stereocenters. The zero-order valence-electron chi connectivity index (χ0n) is 12.6. The van der Waals surface area contributed by atoms with Gasteiger partial charge in [-0.2, -0.15) is 0 Å². The van der Waals surface area contributed by atoms with Gasteiger partial charge in [-0.15, -0.1) is 11.3 Å². The van der Waals surface area contributed by atoms with Gasteiger partial charge in [-0.3, -0.25) is 0 Å². The number of benzene rings is 1. The van der Waals surface area contributed by atoms with Crippen molar-refractivity contribution in [1.29, 1.82) is 0 Å². The quantitative estimate of drug-likeness (QED) is 0.804. The number of carbonyl (C=O) groups excluding carboxylic acids is 1. The number of fused-ring (bicyclic) bond motifs is 2. The molecule has 2 aliphatic heterocycles. The van der Waals surface area contributed by atoms with E-state index in [-0.39, 0.29) is 5.97 Å². The van der Waals surface area contributed by atoms with Crippen molar-refractivity contribution in [2.24, 2.45) is 0 Å². The zero-order valence-corrected chi connectivity index (χ0v) is 13.4. The van der Waals surface area contributed by atoms with E-state index < -0.39 is 6.10 Å². The van der Waals surface area contributed by atoms with Gasteiger partial charge in [0.2, 0.25) is 0 Å². The third-order valence-electron chi connectivity index (χ3n) is 3.85. The van der Waals surface area contributed by atoms with Crippen LogP contribution in [-0.4, -0.2) is 33.4 Å². The highest BCUT2D eigenvalue weighted by atomic mass is 32.1. The number of rotatable bonds is 3. The molecule has 0 amide bonds. The van der Waals surface area contributed by atoms with Crippen molar-refractivity contribution in [2.75, 3.05) is 27.4 Å². The van der Waals surface area contributed by atoms with Crippen LogP contribution in [0.15, 0.2) is 17.5 Å². The average Bonchev–Trinajstić information content (AvgIpc) is 3.14. The third-order valence-corrected chi connectivity index (χ3v) is 4.83. The fourth-order valence-corrected chi connectivity index (χ4v) is 3.75. The monoisotopic (exact) mass is 334 g/mol. The largest absolute Gasteiger partial charge is 0.493 e. The minimum Gasteiger partial charge on any atom is -0.493 e. The van der Waals surface area contributed by atoms with Gasteiger partial charge in [-0.25, -0.2) is 4.79 Å². The van der Waals surface area contributed by atoms with Gasteiger partial charge >= 0.3 is 5.97 Å². The molecule has 0 saturated heterocycles. The van der Waals surface area contributed by atoms with Crippen LogP contribution in [0.3, 0.4) is 0 Å². The molecule has 2 aromatic rings. The summed E-state index contributed by atoms with van der Waals surface area (Å²) in [5.41, 5.74) is 1.22. The van der Waals surface area contributed by atoms with Gasteiger partial charge in [-0.05, 0) is 12.1 Å². The lowest BCUT2D eigenvalue weighted by Crippen LogP contribution is -2.15. The van der Waals surface area contributed by atoms with Gasteiger partial charge in [0.05, 0.1) is 24.7 Å². The Kier molecular flexibility index (Phi) is 3.30. The lowest BCUT2D eigenvalue weighted by molar-refractivity contribution is 0.0453. The summed E-state index contributed by atoms with van der Waals surface area (Å²) in [4.78, 5) is 13.0. The summed E-state index contributed by atoms with van der Waals surface area (Å²) >= 11 is 1.45. The Labute approximate surface area is 136 Å². The van der Waals surface area contributed by atoms with Crippen molar-refractivity contribution >= 4 is 17.3 Å². The van der Waals surface area contributed by atoms with E-state index in [9.17, 15) is 4.79 Å². The summed E-state index contributed by atoms with van der Waals surface area (Å²) < 4.78 is 27.4. The summed E-state index contributed by atoms with van der Waals surface area (Å²) in [6.07, 6.45) is -0.521. The minimum atomic E-state index is -0.521. The molecule has 3 heterocycles. The Bertz CT molecular complexity index is 781. The Hall–Kier alpha value is -2.41. The van der Waals surface area contributed by atoms with Gasteiger partial charge in [0, 0.05) is 10.9 Å². The first-order valence-corrected chi connectivity index (χ1v) is 7.94. The van der Waals surface area contributed by atoms with E-state index in [1.807, 2.05) is 5.38 Å². The fraction of sp³-hybridized carbons (Fsp3) is 0.312. The highest BCUT2D eigenvalue weighted by molar-refractivity contribution is 7.10. The fourth-order valence-electron chi connectivity index (χ4n) is 2.78. The first kappa shape index (κ1) is 14.2. The van der Waals surface area contributed by atoms with Crippen LogP contribution in [0.25, 0.3) is 0 Å². The molecule has 2 aliphatic rings. The molecule has 1 aromatic heterocycles. The lowest BCUT2D eigenvalue weighted by Gasteiger charge is -2.18. The number of ether oxygens (including phenoxy) is 5. The van der Waals surface area contributed by atoms with E-state index in [0.717, 1.165) is 10.4 Å². The zero-order chi connectivity index (χ0) is 16.0. The molecule has 7 heteroatoms. The van der Waals surface area contributed by atoms with Gasteiger partial charge in [0.25, 0.3) is 0 Å². The second kappa shape index (κ2) is 5.34. The molecule has 23 heavy (non-hydrogen) atoms. The summed E-state index contributed by atoms with van der Waals surface area (Å²) in [6.45, 7) is 1.01. The van der Waals surface area contributed by atoms with Gasteiger partial charge in [0.15, 0.2) is 29.1 Å². The predicted octanol–water partition coefficient (Wildman–Crippen LogP) is 2.80. The van der Waals surface area contributed by atoms with E-state index >= 15 is 0 Å². The highest BCUT2D eigenvalue weighted by Gasteiger charge is 2.38. The minimum absolute atomic E-state index is 0.384. The third kappa shape index (κ3) is 2.11. The van der Waals surface area contributed by atoms with E-state index in [1.54, 1.807) is 19.2 Å². The van der Waals surface area contributed by atoms with Gasteiger partial charge < -0.3 is 23.7 Å². The van der Waals surface area contributed by atoms with E-state index in [2.05, 4.69) is 0 Å². The van der Waals surface area contributed by atoms with E-state index in [1.165, 1.54) is 18.4 Å².